The Balaban J connectivity index is 0.000000461. The predicted molar refractivity (Wildman–Crippen MR) is 43.9 cm³/mol. The van der Waals surface area contributed by atoms with Crippen molar-refractivity contribution in [3.05, 3.63) is 11.6 Å². The molecule has 2 heteroatoms. The van der Waals surface area contributed by atoms with E-state index < -0.39 is 5.92 Å². The van der Waals surface area contributed by atoms with E-state index in [0.29, 0.717) is 6.42 Å². The minimum Gasteiger partial charge on any atom is -0.207 e. The van der Waals surface area contributed by atoms with E-state index in [1.54, 1.807) is 6.08 Å². The molecule has 66 valence electrons. The van der Waals surface area contributed by atoms with Crippen LogP contribution in [0.2, 0.25) is 0 Å². The molecule has 1 rings (SSSR count). The molecule has 0 bridgehead atoms. The van der Waals surface area contributed by atoms with Gasteiger partial charge in [-0.25, -0.2) is 8.78 Å². The molecule has 0 spiro atoms. The lowest BCUT2D eigenvalue weighted by Gasteiger charge is -2.19. The zero-order valence-electron chi connectivity index (χ0n) is 7.45. The van der Waals surface area contributed by atoms with Gasteiger partial charge in [-0.1, -0.05) is 25.5 Å². The number of allylic oxidation sites excluding steroid dienone is 2. The van der Waals surface area contributed by atoms with Gasteiger partial charge in [0.25, 0.3) is 5.92 Å². The van der Waals surface area contributed by atoms with E-state index in [4.69, 9.17) is 0 Å². The average Bonchev–Trinajstić information content (AvgIpc) is 2.00. The third kappa shape index (κ3) is 4.12. The van der Waals surface area contributed by atoms with Crippen LogP contribution in [0.5, 0.6) is 0 Å². The molecule has 0 nitrogen and oxygen atoms in total. The maximum absolute atomic E-state index is 12.3. The first-order valence-corrected chi connectivity index (χ1v) is 4.14. The van der Waals surface area contributed by atoms with Gasteiger partial charge in [0.1, 0.15) is 0 Å². The van der Waals surface area contributed by atoms with Gasteiger partial charge in [-0.05, 0) is 13.3 Å². The molecule has 0 atom stereocenters. The molecule has 1 aliphatic rings. The molecular weight excluding hydrogens is 146 g/mol. The van der Waals surface area contributed by atoms with Crippen molar-refractivity contribution < 1.29 is 8.78 Å². The first-order valence-electron chi connectivity index (χ1n) is 4.14. The summed E-state index contributed by atoms with van der Waals surface area (Å²) >= 11 is 0. The summed E-state index contributed by atoms with van der Waals surface area (Å²) in [5, 5.41) is 0. The molecule has 0 unspecified atom stereocenters. The van der Waals surface area contributed by atoms with Crippen molar-refractivity contribution in [3.63, 3.8) is 0 Å². The van der Waals surface area contributed by atoms with Crippen LogP contribution < -0.4 is 0 Å². The molecule has 0 aromatic rings. The van der Waals surface area contributed by atoms with Crippen LogP contribution in [-0.2, 0) is 0 Å². The quantitative estimate of drug-likeness (QED) is 0.475. The third-order valence-electron chi connectivity index (χ3n) is 1.63. The smallest absolute Gasteiger partial charge is 0.207 e. The van der Waals surface area contributed by atoms with Gasteiger partial charge in [-0.3, -0.25) is 0 Å². The largest absolute Gasteiger partial charge is 0.251 e. The van der Waals surface area contributed by atoms with Crippen LogP contribution in [-0.4, -0.2) is 5.92 Å². The van der Waals surface area contributed by atoms with Crippen LogP contribution in [0.1, 0.15) is 40.0 Å². The molecule has 0 aromatic carbocycles. The van der Waals surface area contributed by atoms with Gasteiger partial charge in [0.15, 0.2) is 0 Å². The lowest BCUT2D eigenvalue weighted by Crippen LogP contribution is -2.17. The van der Waals surface area contributed by atoms with Crippen LogP contribution in [0.3, 0.4) is 0 Å². The van der Waals surface area contributed by atoms with Crippen LogP contribution in [0, 0.1) is 0 Å². The summed E-state index contributed by atoms with van der Waals surface area (Å²) in [7, 11) is 0. The summed E-state index contributed by atoms with van der Waals surface area (Å²) in [6, 6.07) is 0. The standard InChI is InChI=1S/C7H10F2.C2H6/c1-6-2-4-7(8,9)5-3-6;1-2/h2H,3-5H2,1H3;1-2H3. The van der Waals surface area contributed by atoms with Gasteiger partial charge in [-0.15, -0.1) is 0 Å². The third-order valence-corrected chi connectivity index (χ3v) is 1.63. The van der Waals surface area contributed by atoms with Crippen LogP contribution >= 0.6 is 0 Å². The van der Waals surface area contributed by atoms with E-state index in [0.717, 1.165) is 5.57 Å². The summed E-state index contributed by atoms with van der Waals surface area (Å²) in [5.41, 5.74) is 1.10. The Kier molecular flexibility index (Phi) is 4.31. The minimum absolute atomic E-state index is 0.0370. The molecule has 0 N–H and O–H groups in total. The lowest BCUT2D eigenvalue weighted by atomic mass is 9.98. The van der Waals surface area contributed by atoms with E-state index in [2.05, 4.69) is 0 Å². The Morgan fingerprint density at radius 3 is 2.18 bits per heavy atom. The summed E-state index contributed by atoms with van der Waals surface area (Å²) in [4.78, 5) is 0. The highest BCUT2D eigenvalue weighted by Crippen LogP contribution is 2.31. The highest BCUT2D eigenvalue weighted by molar-refractivity contribution is 5.05. The molecule has 0 aromatic heterocycles. The van der Waals surface area contributed by atoms with Crippen LogP contribution in [0.15, 0.2) is 11.6 Å². The second-order valence-corrected chi connectivity index (χ2v) is 2.61. The molecule has 0 saturated heterocycles. The van der Waals surface area contributed by atoms with E-state index in [1.807, 2.05) is 20.8 Å². The van der Waals surface area contributed by atoms with E-state index in [-0.39, 0.29) is 12.8 Å². The molecular formula is C9H16F2. The van der Waals surface area contributed by atoms with Crippen LogP contribution in [0.4, 0.5) is 8.78 Å². The molecule has 0 saturated carbocycles. The molecule has 11 heavy (non-hydrogen) atoms. The number of rotatable bonds is 0. The molecule has 0 amide bonds. The minimum atomic E-state index is -2.42. The lowest BCUT2D eigenvalue weighted by molar-refractivity contribution is -0.00859. The topological polar surface area (TPSA) is 0 Å². The van der Waals surface area contributed by atoms with Crippen molar-refractivity contribution in [2.75, 3.05) is 0 Å². The summed E-state index contributed by atoms with van der Waals surface area (Å²) in [5.74, 6) is -2.42. The molecule has 1 aliphatic carbocycles. The normalized spacial score (nSPS) is 21.4. The molecule has 0 radical (unpaired) electrons. The van der Waals surface area contributed by atoms with E-state index in [1.165, 1.54) is 0 Å². The van der Waals surface area contributed by atoms with Crippen molar-refractivity contribution in [3.8, 4) is 0 Å². The second-order valence-electron chi connectivity index (χ2n) is 2.61. The van der Waals surface area contributed by atoms with Gasteiger partial charge < -0.3 is 0 Å². The fourth-order valence-corrected chi connectivity index (χ4v) is 0.908. The Morgan fingerprint density at radius 1 is 1.36 bits per heavy atom. The zero-order chi connectivity index (χ0) is 8.91. The fourth-order valence-electron chi connectivity index (χ4n) is 0.908. The fraction of sp³-hybridized carbons (Fsp3) is 0.778. The van der Waals surface area contributed by atoms with Crippen molar-refractivity contribution >= 4 is 0 Å². The Labute approximate surface area is 67.3 Å². The van der Waals surface area contributed by atoms with Gasteiger partial charge >= 0.3 is 0 Å². The highest BCUT2D eigenvalue weighted by atomic mass is 19.3. The summed E-state index contributed by atoms with van der Waals surface area (Å²) in [6.45, 7) is 5.90. The first kappa shape index (κ1) is 10.6. The SMILES string of the molecule is CC.CC1=CCC(F)(F)CC1. The maximum Gasteiger partial charge on any atom is 0.251 e. The maximum atomic E-state index is 12.3. The summed E-state index contributed by atoms with van der Waals surface area (Å²) < 4.78 is 24.7. The predicted octanol–water partition coefficient (Wildman–Crippen LogP) is 3.78. The van der Waals surface area contributed by atoms with Gasteiger partial charge in [0.05, 0.1) is 0 Å². The van der Waals surface area contributed by atoms with E-state index >= 15 is 0 Å². The first-order chi connectivity index (χ1) is 5.10. The Hall–Kier alpha value is -0.400. The van der Waals surface area contributed by atoms with E-state index in [9.17, 15) is 8.78 Å². The van der Waals surface area contributed by atoms with Crippen molar-refractivity contribution in [2.45, 2.75) is 46.0 Å². The Bertz CT molecular complexity index is 136. The number of hydrogen-bond donors (Lipinski definition) is 0. The Morgan fingerprint density at radius 2 is 1.91 bits per heavy atom. The van der Waals surface area contributed by atoms with Gasteiger partial charge in [0, 0.05) is 12.8 Å². The number of hydrogen-bond acceptors (Lipinski definition) is 0. The summed E-state index contributed by atoms with van der Waals surface area (Å²) in [6.07, 6.45) is 2.17. The molecule has 0 aliphatic heterocycles. The number of halogens is 2. The zero-order valence-corrected chi connectivity index (χ0v) is 7.45. The van der Waals surface area contributed by atoms with Crippen molar-refractivity contribution in [1.82, 2.24) is 0 Å². The monoisotopic (exact) mass is 162 g/mol. The average molecular weight is 162 g/mol. The second kappa shape index (κ2) is 4.47. The number of alkyl halides is 2. The highest BCUT2D eigenvalue weighted by Gasteiger charge is 2.29. The van der Waals surface area contributed by atoms with Gasteiger partial charge in [0.2, 0.25) is 0 Å². The van der Waals surface area contributed by atoms with Crippen molar-refractivity contribution in [2.24, 2.45) is 0 Å². The molecule has 0 fully saturated rings. The van der Waals surface area contributed by atoms with Gasteiger partial charge in [-0.2, -0.15) is 0 Å². The van der Waals surface area contributed by atoms with Crippen molar-refractivity contribution in [1.29, 1.82) is 0 Å². The van der Waals surface area contributed by atoms with Crippen LogP contribution in [0.25, 0.3) is 0 Å². The molecule has 0 heterocycles.